The van der Waals surface area contributed by atoms with Crippen molar-refractivity contribution >= 4 is 8.32 Å². The van der Waals surface area contributed by atoms with Gasteiger partial charge < -0.3 is 9.53 Å². The fourth-order valence-electron chi connectivity index (χ4n) is 1.48. The summed E-state index contributed by atoms with van der Waals surface area (Å²) in [7, 11) is -1.75. The van der Waals surface area contributed by atoms with Gasteiger partial charge in [-0.05, 0) is 42.6 Å². The molecule has 0 aliphatic rings. The number of pyridine rings is 1. The van der Waals surface area contributed by atoms with E-state index in [9.17, 15) is 5.11 Å². The van der Waals surface area contributed by atoms with Crippen molar-refractivity contribution in [3.8, 4) is 0 Å². The van der Waals surface area contributed by atoms with E-state index in [1.165, 1.54) is 0 Å². The molecule has 0 aliphatic carbocycles. The minimum atomic E-state index is -1.75. The largest absolute Gasteiger partial charge is 0.414 e. The average molecular weight is 281 g/mol. The van der Waals surface area contributed by atoms with Crippen LogP contribution in [0, 0.1) is 0 Å². The van der Waals surface area contributed by atoms with Gasteiger partial charge in [0, 0.05) is 12.4 Å². The standard InChI is InChI=1S/C15H27NO2Si/c1-15(2,3)19(4,5)18-12-14(17)9-8-13-7-6-10-16-11-13/h6-7,10-11,14,17H,8-9,12H2,1-5H3. The monoisotopic (exact) mass is 281 g/mol. The summed E-state index contributed by atoms with van der Waals surface area (Å²) in [5, 5.41) is 10.2. The van der Waals surface area contributed by atoms with Crippen LogP contribution in [0.15, 0.2) is 24.5 Å². The molecule has 0 bridgehead atoms. The molecule has 0 spiro atoms. The molecule has 0 amide bonds. The van der Waals surface area contributed by atoms with Crippen molar-refractivity contribution in [1.82, 2.24) is 4.98 Å². The van der Waals surface area contributed by atoms with E-state index in [0.717, 1.165) is 18.4 Å². The number of rotatable bonds is 6. The molecular formula is C15H27NO2Si. The maximum atomic E-state index is 10.0. The average Bonchev–Trinajstić information content (AvgIpc) is 2.34. The second kappa shape index (κ2) is 6.64. The summed E-state index contributed by atoms with van der Waals surface area (Å²) < 4.78 is 6.02. The molecule has 108 valence electrons. The summed E-state index contributed by atoms with van der Waals surface area (Å²) in [5.41, 5.74) is 1.16. The van der Waals surface area contributed by atoms with Gasteiger partial charge in [-0.1, -0.05) is 26.8 Å². The summed E-state index contributed by atoms with van der Waals surface area (Å²) in [5.74, 6) is 0. The Morgan fingerprint density at radius 2 is 2.05 bits per heavy atom. The topological polar surface area (TPSA) is 42.4 Å². The van der Waals surface area contributed by atoms with Crippen molar-refractivity contribution in [1.29, 1.82) is 0 Å². The zero-order chi connectivity index (χ0) is 14.5. The maximum absolute atomic E-state index is 10.0. The molecule has 1 atom stereocenters. The molecule has 0 saturated carbocycles. The Kier molecular flexibility index (Phi) is 5.71. The number of aliphatic hydroxyl groups excluding tert-OH is 1. The van der Waals surface area contributed by atoms with Crippen molar-refractivity contribution < 1.29 is 9.53 Å². The molecule has 1 aromatic rings. The van der Waals surface area contributed by atoms with Crippen LogP contribution in [0.1, 0.15) is 32.8 Å². The van der Waals surface area contributed by atoms with Crippen molar-refractivity contribution in [3.05, 3.63) is 30.1 Å². The first-order chi connectivity index (χ1) is 8.72. The molecule has 0 radical (unpaired) electrons. The van der Waals surface area contributed by atoms with Gasteiger partial charge in [0.05, 0.1) is 12.7 Å². The summed E-state index contributed by atoms with van der Waals surface area (Å²) in [4.78, 5) is 4.07. The van der Waals surface area contributed by atoms with Crippen molar-refractivity contribution in [2.75, 3.05) is 6.61 Å². The number of aliphatic hydroxyl groups is 1. The Hall–Kier alpha value is -0.713. The van der Waals surface area contributed by atoms with Gasteiger partial charge in [-0.25, -0.2) is 0 Å². The highest BCUT2D eigenvalue weighted by Crippen LogP contribution is 2.36. The first kappa shape index (κ1) is 16.3. The van der Waals surface area contributed by atoms with Crippen LogP contribution < -0.4 is 0 Å². The van der Waals surface area contributed by atoms with Crippen LogP contribution >= 0.6 is 0 Å². The van der Waals surface area contributed by atoms with Crippen molar-refractivity contribution in [2.24, 2.45) is 0 Å². The first-order valence-electron chi connectivity index (χ1n) is 6.93. The summed E-state index contributed by atoms with van der Waals surface area (Å²) >= 11 is 0. The molecule has 0 aromatic carbocycles. The molecule has 1 heterocycles. The summed E-state index contributed by atoms with van der Waals surface area (Å²) in [6, 6.07) is 3.96. The van der Waals surface area contributed by atoms with Crippen LogP contribution in [-0.4, -0.2) is 31.1 Å². The zero-order valence-corrected chi connectivity index (χ0v) is 13.8. The Bertz CT molecular complexity index is 373. The van der Waals surface area contributed by atoms with Gasteiger partial charge >= 0.3 is 0 Å². The zero-order valence-electron chi connectivity index (χ0n) is 12.8. The van der Waals surface area contributed by atoms with E-state index in [1.807, 2.05) is 18.3 Å². The van der Waals surface area contributed by atoms with Gasteiger partial charge in [-0.15, -0.1) is 0 Å². The van der Waals surface area contributed by atoms with Crippen LogP contribution in [0.2, 0.25) is 18.1 Å². The van der Waals surface area contributed by atoms with E-state index in [-0.39, 0.29) is 5.04 Å². The Morgan fingerprint density at radius 1 is 1.37 bits per heavy atom. The van der Waals surface area contributed by atoms with E-state index in [4.69, 9.17) is 4.43 Å². The minimum absolute atomic E-state index is 0.191. The molecule has 1 rings (SSSR count). The Morgan fingerprint density at radius 3 is 2.58 bits per heavy atom. The Balaban J connectivity index is 2.34. The van der Waals surface area contributed by atoms with E-state index in [2.05, 4.69) is 38.8 Å². The molecular weight excluding hydrogens is 254 g/mol. The fourth-order valence-corrected chi connectivity index (χ4v) is 2.53. The van der Waals surface area contributed by atoms with Crippen molar-refractivity contribution in [2.45, 2.75) is 57.8 Å². The first-order valence-corrected chi connectivity index (χ1v) is 9.84. The lowest BCUT2D eigenvalue weighted by atomic mass is 10.1. The molecule has 1 unspecified atom stereocenters. The summed E-state index contributed by atoms with van der Waals surface area (Å²) in [6.45, 7) is 11.5. The lowest BCUT2D eigenvalue weighted by molar-refractivity contribution is 0.0931. The highest BCUT2D eigenvalue weighted by Gasteiger charge is 2.37. The molecule has 1 aromatic heterocycles. The second-order valence-corrected chi connectivity index (χ2v) is 11.4. The van der Waals surface area contributed by atoms with Crippen molar-refractivity contribution in [3.63, 3.8) is 0 Å². The lowest BCUT2D eigenvalue weighted by Gasteiger charge is -2.36. The molecule has 1 N–H and O–H groups in total. The third-order valence-electron chi connectivity index (χ3n) is 3.93. The molecule has 0 fully saturated rings. The SMILES string of the molecule is CC(C)(C)[Si](C)(C)OCC(O)CCc1cccnc1. The quantitative estimate of drug-likeness (QED) is 0.813. The minimum Gasteiger partial charge on any atom is -0.414 e. The predicted octanol–water partition coefficient (Wildman–Crippen LogP) is 3.40. The van der Waals surface area contributed by atoms with E-state index >= 15 is 0 Å². The van der Waals surface area contributed by atoms with Gasteiger partial charge in [0.25, 0.3) is 0 Å². The van der Waals surface area contributed by atoms with Crippen LogP contribution in [0.5, 0.6) is 0 Å². The number of aryl methyl sites for hydroxylation is 1. The third-order valence-corrected chi connectivity index (χ3v) is 8.43. The van der Waals surface area contributed by atoms with Gasteiger partial charge in [0.15, 0.2) is 8.32 Å². The third kappa shape index (κ3) is 5.43. The normalized spacial score (nSPS) is 14.4. The lowest BCUT2D eigenvalue weighted by Crippen LogP contribution is -2.42. The number of aromatic nitrogens is 1. The highest BCUT2D eigenvalue weighted by molar-refractivity contribution is 6.74. The maximum Gasteiger partial charge on any atom is 0.192 e. The van der Waals surface area contributed by atoms with Gasteiger partial charge in [-0.3, -0.25) is 4.98 Å². The van der Waals surface area contributed by atoms with Crippen LogP contribution in [0.3, 0.4) is 0 Å². The van der Waals surface area contributed by atoms with E-state index in [1.54, 1.807) is 6.20 Å². The predicted molar refractivity (Wildman–Crippen MR) is 81.7 cm³/mol. The van der Waals surface area contributed by atoms with Crippen LogP contribution in [-0.2, 0) is 10.8 Å². The fraction of sp³-hybridized carbons (Fsp3) is 0.667. The number of hydrogen-bond donors (Lipinski definition) is 1. The van der Waals surface area contributed by atoms with E-state index < -0.39 is 14.4 Å². The number of hydrogen-bond acceptors (Lipinski definition) is 3. The highest BCUT2D eigenvalue weighted by atomic mass is 28.4. The van der Waals surface area contributed by atoms with Gasteiger partial charge in [0.2, 0.25) is 0 Å². The molecule has 3 nitrogen and oxygen atoms in total. The molecule has 0 saturated heterocycles. The molecule has 19 heavy (non-hydrogen) atoms. The molecule has 4 heteroatoms. The number of nitrogens with zero attached hydrogens (tertiary/aromatic N) is 1. The molecule has 0 aliphatic heterocycles. The Labute approximate surface area is 118 Å². The summed E-state index contributed by atoms with van der Waals surface area (Å²) in [6.07, 6.45) is 4.78. The van der Waals surface area contributed by atoms with Crippen LogP contribution in [0.25, 0.3) is 0 Å². The smallest absolute Gasteiger partial charge is 0.192 e. The van der Waals surface area contributed by atoms with E-state index in [0.29, 0.717) is 6.61 Å². The van der Waals surface area contributed by atoms with Crippen LogP contribution in [0.4, 0.5) is 0 Å². The van der Waals surface area contributed by atoms with Gasteiger partial charge in [-0.2, -0.15) is 0 Å². The second-order valence-electron chi connectivity index (χ2n) is 6.63. The van der Waals surface area contributed by atoms with Gasteiger partial charge in [0.1, 0.15) is 0 Å².